The number of ether oxygens (including phenoxy) is 1. The highest BCUT2D eigenvalue weighted by Gasteiger charge is 2.43. The molecule has 0 atom stereocenters. The van der Waals surface area contributed by atoms with Gasteiger partial charge in [0.15, 0.2) is 5.96 Å². The SMILES string of the molecule is CCNC(=NCC1(c2ccccc2)CC1)NCCOC.I. The quantitative estimate of drug-likeness (QED) is 0.318. The molecule has 1 aliphatic carbocycles. The van der Waals surface area contributed by atoms with Gasteiger partial charge in [-0.1, -0.05) is 30.3 Å². The van der Waals surface area contributed by atoms with Crippen molar-refractivity contribution in [3.8, 4) is 0 Å². The Kier molecular flexibility index (Phi) is 8.03. The van der Waals surface area contributed by atoms with Crippen LogP contribution < -0.4 is 10.6 Å². The van der Waals surface area contributed by atoms with E-state index in [0.29, 0.717) is 6.61 Å². The molecular formula is C16H26IN3O. The van der Waals surface area contributed by atoms with Crippen LogP contribution in [0.3, 0.4) is 0 Å². The molecule has 0 radical (unpaired) electrons. The van der Waals surface area contributed by atoms with E-state index < -0.39 is 0 Å². The second kappa shape index (κ2) is 9.25. The highest BCUT2D eigenvalue weighted by atomic mass is 127. The van der Waals surface area contributed by atoms with Crippen molar-refractivity contribution in [2.75, 3.05) is 33.4 Å². The maximum absolute atomic E-state index is 5.05. The van der Waals surface area contributed by atoms with Crippen LogP contribution >= 0.6 is 24.0 Å². The molecule has 0 heterocycles. The number of hydrogen-bond acceptors (Lipinski definition) is 2. The summed E-state index contributed by atoms with van der Waals surface area (Å²) in [7, 11) is 1.71. The van der Waals surface area contributed by atoms with E-state index in [-0.39, 0.29) is 29.4 Å². The Morgan fingerprint density at radius 1 is 1.24 bits per heavy atom. The minimum Gasteiger partial charge on any atom is -0.383 e. The largest absolute Gasteiger partial charge is 0.383 e. The molecule has 4 nitrogen and oxygen atoms in total. The number of guanidine groups is 1. The maximum atomic E-state index is 5.05. The van der Waals surface area contributed by atoms with Crippen molar-refractivity contribution < 1.29 is 4.74 Å². The minimum absolute atomic E-state index is 0. The normalized spacial score (nSPS) is 16.0. The zero-order chi connectivity index (χ0) is 14.3. The van der Waals surface area contributed by atoms with Crippen molar-refractivity contribution in [3.05, 3.63) is 35.9 Å². The van der Waals surface area contributed by atoms with Gasteiger partial charge in [-0.3, -0.25) is 4.99 Å². The fraction of sp³-hybridized carbons (Fsp3) is 0.562. The summed E-state index contributed by atoms with van der Waals surface area (Å²) in [6, 6.07) is 10.7. The van der Waals surface area contributed by atoms with Crippen LogP contribution in [0.5, 0.6) is 0 Å². The first kappa shape index (κ1) is 18.2. The number of halogens is 1. The van der Waals surface area contributed by atoms with E-state index in [0.717, 1.165) is 25.6 Å². The Labute approximate surface area is 144 Å². The molecule has 1 fully saturated rings. The Morgan fingerprint density at radius 2 is 1.95 bits per heavy atom. The number of hydrogen-bond donors (Lipinski definition) is 2. The topological polar surface area (TPSA) is 45.7 Å². The lowest BCUT2D eigenvalue weighted by atomic mass is 9.96. The summed E-state index contributed by atoms with van der Waals surface area (Å²) >= 11 is 0. The molecule has 2 N–H and O–H groups in total. The molecule has 0 amide bonds. The molecule has 5 heteroatoms. The van der Waals surface area contributed by atoms with Crippen LogP contribution in [0.15, 0.2) is 35.3 Å². The molecule has 1 aromatic carbocycles. The highest BCUT2D eigenvalue weighted by molar-refractivity contribution is 14.0. The Hall–Kier alpha value is -0.820. The van der Waals surface area contributed by atoms with Gasteiger partial charge < -0.3 is 15.4 Å². The molecule has 0 saturated heterocycles. The predicted octanol–water partition coefficient (Wildman–Crippen LogP) is 2.54. The van der Waals surface area contributed by atoms with Crippen LogP contribution in [0.4, 0.5) is 0 Å². The van der Waals surface area contributed by atoms with E-state index in [1.807, 2.05) is 0 Å². The molecule has 1 saturated carbocycles. The van der Waals surface area contributed by atoms with Crippen molar-refractivity contribution in [2.45, 2.75) is 25.2 Å². The Morgan fingerprint density at radius 3 is 2.52 bits per heavy atom. The summed E-state index contributed by atoms with van der Waals surface area (Å²) in [6.07, 6.45) is 2.47. The molecule has 0 spiro atoms. The third-order valence-corrected chi connectivity index (χ3v) is 3.72. The van der Waals surface area contributed by atoms with Gasteiger partial charge in [-0.15, -0.1) is 24.0 Å². The van der Waals surface area contributed by atoms with Gasteiger partial charge in [0.25, 0.3) is 0 Å². The summed E-state index contributed by atoms with van der Waals surface area (Å²) in [4.78, 5) is 4.73. The molecule has 21 heavy (non-hydrogen) atoms. The summed E-state index contributed by atoms with van der Waals surface area (Å²) in [5.74, 6) is 0.881. The molecule has 0 bridgehead atoms. The van der Waals surface area contributed by atoms with Crippen LogP contribution in [0.2, 0.25) is 0 Å². The highest BCUT2D eigenvalue weighted by Crippen LogP contribution is 2.48. The minimum atomic E-state index is 0. The second-order valence-electron chi connectivity index (χ2n) is 5.26. The Balaban J connectivity index is 0.00000220. The molecular weight excluding hydrogens is 377 g/mol. The average molecular weight is 403 g/mol. The number of benzene rings is 1. The molecule has 0 aromatic heterocycles. The smallest absolute Gasteiger partial charge is 0.191 e. The van der Waals surface area contributed by atoms with Crippen molar-refractivity contribution in [1.82, 2.24) is 10.6 Å². The summed E-state index contributed by atoms with van der Waals surface area (Å²) < 4.78 is 5.05. The van der Waals surface area contributed by atoms with Crippen molar-refractivity contribution in [2.24, 2.45) is 4.99 Å². The number of methoxy groups -OCH3 is 1. The first-order valence-corrected chi connectivity index (χ1v) is 7.37. The van der Waals surface area contributed by atoms with Crippen molar-refractivity contribution >= 4 is 29.9 Å². The zero-order valence-electron chi connectivity index (χ0n) is 12.9. The van der Waals surface area contributed by atoms with Gasteiger partial charge in [-0.25, -0.2) is 0 Å². The van der Waals surface area contributed by atoms with Gasteiger partial charge in [-0.05, 0) is 25.3 Å². The van der Waals surface area contributed by atoms with Crippen LogP contribution in [0.1, 0.15) is 25.3 Å². The summed E-state index contributed by atoms with van der Waals surface area (Å²) in [6.45, 7) is 5.27. The lowest BCUT2D eigenvalue weighted by Crippen LogP contribution is -2.39. The van der Waals surface area contributed by atoms with Crippen molar-refractivity contribution in [3.63, 3.8) is 0 Å². The lowest BCUT2D eigenvalue weighted by molar-refractivity contribution is 0.203. The van der Waals surface area contributed by atoms with Gasteiger partial charge >= 0.3 is 0 Å². The van der Waals surface area contributed by atoms with Gasteiger partial charge in [0.1, 0.15) is 0 Å². The fourth-order valence-corrected chi connectivity index (χ4v) is 2.32. The van der Waals surface area contributed by atoms with Crippen molar-refractivity contribution in [1.29, 1.82) is 0 Å². The summed E-state index contributed by atoms with van der Waals surface area (Å²) in [5.41, 5.74) is 1.68. The number of nitrogens with zero attached hydrogens (tertiary/aromatic N) is 1. The van der Waals surface area contributed by atoms with Gasteiger partial charge in [0.05, 0.1) is 13.2 Å². The van der Waals surface area contributed by atoms with E-state index in [2.05, 4.69) is 47.9 Å². The van der Waals surface area contributed by atoms with E-state index in [9.17, 15) is 0 Å². The second-order valence-corrected chi connectivity index (χ2v) is 5.26. The lowest BCUT2D eigenvalue weighted by Gasteiger charge is -2.15. The van der Waals surface area contributed by atoms with Crippen LogP contribution in [-0.4, -0.2) is 39.3 Å². The summed E-state index contributed by atoms with van der Waals surface area (Å²) in [5, 5.41) is 6.56. The van der Waals surface area contributed by atoms with E-state index in [4.69, 9.17) is 9.73 Å². The van der Waals surface area contributed by atoms with Gasteiger partial charge in [-0.2, -0.15) is 0 Å². The predicted molar refractivity (Wildman–Crippen MR) is 98.6 cm³/mol. The third kappa shape index (κ3) is 5.47. The number of aliphatic imine (C=N–C) groups is 1. The zero-order valence-corrected chi connectivity index (χ0v) is 15.2. The third-order valence-electron chi connectivity index (χ3n) is 3.72. The maximum Gasteiger partial charge on any atom is 0.191 e. The standard InChI is InChI=1S/C16H25N3O.HI/c1-3-17-15(18-11-12-20-2)19-13-16(9-10-16)14-7-5-4-6-8-14;/h4-8H,3,9-13H2,1-2H3,(H2,17,18,19);1H. The van der Waals surface area contributed by atoms with Crippen LogP contribution in [0, 0.1) is 0 Å². The monoisotopic (exact) mass is 403 g/mol. The van der Waals surface area contributed by atoms with Gasteiger partial charge in [0.2, 0.25) is 0 Å². The van der Waals surface area contributed by atoms with E-state index >= 15 is 0 Å². The molecule has 0 unspecified atom stereocenters. The molecule has 2 rings (SSSR count). The Bertz CT molecular complexity index is 432. The molecule has 1 aromatic rings. The van der Waals surface area contributed by atoms with Gasteiger partial charge in [0, 0.05) is 25.6 Å². The number of nitrogens with one attached hydrogen (secondary N) is 2. The fourth-order valence-electron chi connectivity index (χ4n) is 2.32. The van der Waals surface area contributed by atoms with Crippen LogP contribution in [0.25, 0.3) is 0 Å². The average Bonchev–Trinajstić information content (AvgIpc) is 3.27. The first-order valence-electron chi connectivity index (χ1n) is 7.37. The van der Waals surface area contributed by atoms with Crippen LogP contribution in [-0.2, 0) is 10.2 Å². The molecule has 118 valence electrons. The molecule has 0 aliphatic heterocycles. The van der Waals surface area contributed by atoms with E-state index in [1.165, 1.54) is 18.4 Å². The first-order chi connectivity index (χ1) is 9.80. The molecule has 1 aliphatic rings. The number of rotatable bonds is 7. The van der Waals surface area contributed by atoms with E-state index in [1.54, 1.807) is 7.11 Å².